The highest BCUT2D eigenvalue weighted by atomic mass is 79.9. The number of alkyl halides is 3. The fraction of sp³-hybridized carbons (Fsp3) is 0.308. The number of halogens is 5. The smallest absolute Gasteiger partial charge is 0.308 e. The van der Waals surface area contributed by atoms with Gasteiger partial charge in [0, 0.05) is 12.6 Å². The standard InChI is InChI=1S/C13H12BrF4N3/c1-19-11(12-9(14)6-20-21(12)2)7-4-3-5-8(10(7)15)13(16,17)18/h3-6,11,19H,1-2H3. The Labute approximate surface area is 127 Å². The van der Waals surface area contributed by atoms with Crippen LogP contribution in [0, 0.1) is 5.82 Å². The molecule has 0 amide bonds. The van der Waals surface area contributed by atoms with Crippen molar-refractivity contribution in [1.82, 2.24) is 15.1 Å². The summed E-state index contributed by atoms with van der Waals surface area (Å²) in [4.78, 5) is 0. The van der Waals surface area contributed by atoms with Crippen LogP contribution < -0.4 is 5.32 Å². The molecule has 0 bridgehead atoms. The van der Waals surface area contributed by atoms with Gasteiger partial charge in [-0.3, -0.25) is 4.68 Å². The molecule has 114 valence electrons. The molecule has 0 aliphatic carbocycles. The molecule has 0 aliphatic heterocycles. The number of hydrogen-bond acceptors (Lipinski definition) is 2. The van der Waals surface area contributed by atoms with Gasteiger partial charge in [0.2, 0.25) is 0 Å². The van der Waals surface area contributed by atoms with Crippen LogP contribution in [-0.2, 0) is 13.2 Å². The highest BCUT2D eigenvalue weighted by Crippen LogP contribution is 2.36. The molecular weight excluding hydrogens is 354 g/mol. The van der Waals surface area contributed by atoms with Crippen LogP contribution >= 0.6 is 15.9 Å². The van der Waals surface area contributed by atoms with E-state index < -0.39 is 23.6 Å². The van der Waals surface area contributed by atoms with E-state index in [1.807, 2.05) is 0 Å². The van der Waals surface area contributed by atoms with Crippen molar-refractivity contribution in [2.24, 2.45) is 7.05 Å². The molecule has 0 aliphatic rings. The minimum Gasteiger partial charge on any atom is -0.308 e. The van der Waals surface area contributed by atoms with Gasteiger partial charge in [0.1, 0.15) is 5.82 Å². The van der Waals surface area contributed by atoms with Crippen molar-refractivity contribution in [3.8, 4) is 0 Å². The second kappa shape index (κ2) is 5.76. The van der Waals surface area contributed by atoms with Crippen molar-refractivity contribution in [2.45, 2.75) is 12.2 Å². The van der Waals surface area contributed by atoms with E-state index in [0.29, 0.717) is 10.2 Å². The average molecular weight is 366 g/mol. The highest BCUT2D eigenvalue weighted by molar-refractivity contribution is 9.10. The van der Waals surface area contributed by atoms with Gasteiger partial charge in [0.05, 0.1) is 28.0 Å². The van der Waals surface area contributed by atoms with Crippen molar-refractivity contribution in [1.29, 1.82) is 0 Å². The van der Waals surface area contributed by atoms with E-state index >= 15 is 0 Å². The van der Waals surface area contributed by atoms with Crippen molar-refractivity contribution in [3.63, 3.8) is 0 Å². The van der Waals surface area contributed by atoms with Crippen LogP contribution in [0.1, 0.15) is 22.9 Å². The second-order valence-corrected chi connectivity index (χ2v) is 5.28. The summed E-state index contributed by atoms with van der Waals surface area (Å²) in [5.41, 5.74) is -0.828. The lowest BCUT2D eigenvalue weighted by Gasteiger charge is -2.20. The first-order valence-corrected chi connectivity index (χ1v) is 6.77. The second-order valence-electron chi connectivity index (χ2n) is 4.43. The molecule has 0 saturated carbocycles. The Kier molecular flexibility index (Phi) is 4.38. The first-order chi connectivity index (χ1) is 9.77. The van der Waals surface area contributed by atoms with E-state index in [1.165, 1.54) is 23.0 Å². The molecule has 1 aromatic carbocycles. The quantitative estimate of drug-likeness (QED) is 0.841. The van der Waals surface area contributed by atoms with Gasteiger partial charge in [-0.1, -0.05) is 12.1 Å². The molecule has 3 nitrogen and oxygen atoms in total. The maximum Gasteiger partial charge on any atom is 0.419 e. The summed E-state index contributed by atoms with van der Waals surface area (Å²) in [6, 6.07) is 2.49. The fourth-order valence-electron chi connectivity index (χ4n) is 2.18. The van der Waals surface area contributed by atoms with Crippen molar-refractivity contribution in [2.75, 3.05) is 7.05 Å². The van der Waals surface area contributed by atoms with Crippen LogP contribution in [0.25, 0.3) is 0 Å². The number of aryl methyl sites for hydroxylation is 1. The Balaban J connectivity index is 2.59. The first kappa shape index (κ1) is 16.0. The summed E-state index contributed by atoms with van der Waals surface area (Å²) in [6.45, 7) is 0. The molecular formula is C13H12BrF4N3. The van der Waals surface area contributed by atoms with Crippen molar-refractivity contribution < 1.29 is 17.6 Å². The topological polar surface area (TPSA) is 29.9 Å². The van der Waals surface area contributed by atoms with E-state index in [1.54, 1.807) is 14.1 Å². The lowest BCUT2D eigenvalue weighted by Crippen LogP contribution is -2.23. The van der Waals surface area contributed by atoms with Crippen LogP contribution in [0.3, 0.4) is 0 Å². The molecule has 1 atom stereocenters. The normalized spacial score (nSPS) is 13.5. The SMILES string of the molecule is CNC(c1cccc(C(F)(F)F)c1F)c1c(Br)cnn1C. The molecule has 2 rings (SSSR count). The molecule has 1 heterocycles. The van der Waals surface area contributed by atoms with Crippen molar-refractivity contribution >= 4 is 15.9 Å². The number of nitrogens with zero attached hydrogens (tertiary/aromatic N) is 2. The highest BCUT2D eigenvalue weighted by Gasteiger charge is 2.36. The first-order valence-electron chi connectivity index (χ1n) is 5.97. The van der Waals surface area contributed by atoms with Gasteiger partial charge in [-0.05, 0) is 29.0 Å². The third-order valence-corrected chi connectivity index (χ3v) is 3.76. The lowest BCUT2D eigenvalue weighted by atomic mass is 10.00. The van der Waals surface area contributed by atoms with Crippen LogP contribution in [0.2, 0.25) is 0 Å². The Morgan fingerprint density at radius 2 is 2.00 bits per heavy atom. The van der Waals surface area contributed by atoms with E-state index in [-0.39, 0.29) is 5.56 Å². The van der Waals surface area contributed by atoms with E-state index in [0.717, 1.165) is 6.07 Å². The summed E-state index contributed by atoms with van der Waals surface area (Å²) in [5, 5.41) is 6.82. The molecule has 0 fully saturated rings. The van der Waals surface area contributed by atoms with Gasteiger partial charge in [0.25, 0.3) is 0 Å². The molecule has 8 heteroatoms. The minimum absolute atomic E-state index is 0.0865. The summed E-state index contributed by atoms with van der Waals surface area (Å²) >= 11 is 3.27. The van der Waals surface area contributed by atoms with E-state index in [4.69, 9.17) is 0 Å². The molecule has 21 heavy (non-hydrogen) atoms. The summed E-state index contributed by atoms with van der Waals surface area (Å²) in [6.07, 6.45) is -3.23. The molecule has 1 unspecified atom stereocenters. The number of aromatic nitrogens is 2. The molecule has 1 aromatic heterocycles. The van der Waals surface area contributed by atoms with Crippen molar-refractivity contribution in [3.05, 3.63) is 51.5 Å². The largest absolute Gasteiger partial charge is 0.419 e. The summed E-state index contributed by atoms with van der Waals surface area (Å²) < 4.78 is 54.7. The predicted octanol–water partition coefficient (Wildman–Crippen LogP) is 3.65. The van der Waals surface area contributed by atoms with Crippen LogP contribution in [0.4, 0.5) is 17.6 Å². The van der Waals surface area contributed by atoms with E-state index in [2.05, 4.69) is 26.3 Å². The lowest BCUT2D eigenvalue weighted by molar-refractivity contribution is -0.140. The van der Waals surface area contributed by atoms with Gasteiger partial charge in [-0.15, -0.1) is 0 Å². The zero-order chi connectivity index (χ0) is 15.8. The van der Waals surface area contributed by atoms with Gasteiger partial charge in [-0.25, -0.2) is 4.39 Å². The Hall–Kier alpha value is -1.41. The monoisotopic (exact) mass is 365 g/mol. The van der Waals surface area contributed by atoms with Crippen LogP contribution in [0.15, 0.2) is 28.9 Å². The Morgan fingerprint density at radius 1 is 1.33 bits per heavy atom. The zero-order valence-electron chi connectivity index (χ0n) is 11.2. The summed E-state index contributed by atoms with van der Waals surface area (Å²) in [7, 11) is 3.18. The minimum atomic E-state index is -4.73. The molecule has 0 radical (unpaired) electrons. The number of rotatable bonds is 3. The van der Waals surface area contributed by atoms with Crippen LogP contribution in [0.5, 0.6) is 0 Å². The van der Waals surface area contributed by atoms with Crippen LogP contribution in [-0.4, -0.2) is 16.8 Å². The van der Waals surface area contributed by atoms with Gasteiger partial charge in [0.15, 0.2) is 0 Å². The van der Waals surface area contributed by atoms with E-state index in [9.17, 15) is 17.6 Å². The Bertz CT molecular complexity index is 632. The molecule has 1 N–H and O–H groups in total. The molecule has 0 saturated heterocycles. The molecule has 2 aromatic rings. The third-order valence-electron chi connectivity index (χ3n) is 3.14. The zero-order valence-corrected chi connectivity index (χ0v) is 12.8. The predicted molar refractivity (Wildman–Crippen MR) is 73.2 cm³/mol. The summed E-state index contributed by atoms with van der Waals surface area (Å²) in [5.74, 6) is -1.28. The fourth-order valence-corrected chi connectivity index (χ4v) is 2.75. The number of hydrogen-bond donors (Lipinski definition) is 1. The third kappa shape index (κ3) is 2.96. The Morgan fingerprint density at radius 3 is 2.48 bits per heavy atom. The molecule has 0 spiro atoms. The van der Waals surface area contributed by atoms with Gasteiger partial charge >= 0.3 is 6.18 Å². The number of benzene rings is 1. The van der Waals surface area contributed by atoms with Gasteiger partial charge < -0.3 is 5.32 Å². The maximum atomic E-state index is 14.3. The van der Waals surface area contributed by atoms with Gasteiger partial charge in [-0.2, -0.15) is 18.3 Å². The number of nitrogens with one attached hydrogen (secondary N) is 1. The maximum absolute atomic E-state index is 14.3. The average Bonchev–Trinajstić information content (AvgIpc) is 2.72.